The first-order valence-corrected chi connectivity index (χ1v) is 8.03. The van der Waals surface area contributed by atoms with E-state index in [-0.39, 0.29) is 0 Å². The first kappa shape index (κ1) is 17.9. The Hall–Kier alpha value is -1.13. The number of pyridine rings is 1. The molecule has 0 saturated heterocycles. The van der Waals surface area contributed by atoms with Gasteiger partial charge in [-0.15, -0.1) is 0 Å². The predicted octanol–water partition coefficient (Wildman–Crippen LogP) is 2.92. The molecule has 1 N–H and O–H groups in total. The summed E-state index contributed by atoms with van der Waals surface area (Å²) in [6, 6.07) is 2.57. The van der Waals surface area contributed by atoms with Crippen molar-refractivity contribution in [2.24, 2.45) is 0 Å². The number of likely N-dealkylation sites (N-methyl/N-ethyl adjacent to an activating group) is 1. The van der Waals surface area contributed by atoms with Crippen molar-refractivity contribution >= 4 is 0 Å². The zero-order chi connectivity index (χ0) is 15.8. The molecule has 0 saturated carbocycles. The summed E-state index contributed by atoms with van der Waals surface area (Å²) in [6.07, 6.45) is 0. The summed E-state index contributed by atoms with van der Waals surface area (Å²) in [7, 11) is 0. The minimum atomic E-state index is 0.453. The number of nitrogens with zero attached hydrogens (tertiary/aromatic N) is 2. The number of aryl methyl sites for hydroxylation is 2. The van der Waals surface area contributed by atoms with Gasteiger partial charge in [-0.05, 0) is 38.6 Å². The molecule has 0 aromatic carbocycles. The lowest BCUT2D eigenvalue weighted by Crippen LogP contribution is -2.28. The Labute approximate surface area is 129 Å². The summed E-state index contributed by atoms with van der Waals surface area (Å²) in [4.78, 5) is 6.94. The minimum absolute atomic E-state index is 0.453. The van der Waals surface area contributed by atoms with Crippen molar-refractivity contribution in [3.8, 4) is 5.88 Å². The topological polar surface area (TPSA) is 37.4 Å². The Kier molecular flexibility index (Phi) is 7.68. The molecule has 1 aromatic rings. The van der Waals surface area contributed by atoms with E-state index in [1.807, 2.05) is 6.92 Å². The molecule has 1 heterocycles. The van der Waals surface area contributed by atoms with Crippen LogP contribution in [-0.2, 0) is 6.54 Å². The van der Waals surface area contributed by atoms with Gasteiger partial charge in [0.1, 0.15) is 6.61 Å². The van der Waals surface area contributed by atoms with Crippen molar-refractivity contribution in [2.75, 3.05) is 26.2 Å². The van der Waals surface area contributed by atoms with Crippen LogP contribution in [-0.4, -0.2) is 42.2 Å². The number of rotatable bonds is 9. The second kappa shape index (κ2) is 9.00. The third-order valence-electron chi connectivity index (χ3n) is 3.67. The third-order valence-corrected chi connectivity index (χ3v) is 3.67. The molecule has 0 bridgehead atoms. The first-order valence-electron chi connectivity index (χ1n) is 8.03. The molecule has 0 unspecified atom stereocenters. The van der Waals surface area contributed by atoms with Crippen LogP contribution < -0.4 is 10.1 Å². The number of hydrogen-bond donors (Lipinski definition) is 1. The quantitative estimate of drug-likeness (QED) is 0.759. The van der Waals surface area contributed by atoms with Gasteiger partial charge < -0.3 is 15.0 Å². The van der Waals surface area contributed by atoms with Crippen molar-refractivity contribution in [3.05, 3.63) is 22.9 Å². The lowest BCUT2D eigenvalue weighted by atomic mass is 10.1. The van der Waals surface area contributed by atoms with E-state index in [9.17, 15) is 0 Å². The number of aromatic nitrogens is 1. The smallest absolute Gasteiger partial charge is 0.218 e. The predicted molar refractivity (Wildman–Crippen MR) is 89.0 cm³/mol. The fourth-order valence-corrected chi connectivity index (χ4v) is 2.28. The van der Waals surface area contributed by atoms with Crippen LogP contribution in [0.1, 0.15) is 44.5 Å². The lowest BCUT2D eigenvalue weighted by molar-refractivity contribution is 0.216. The first-order chi connectivity index (χ1) is 9.97. The molecule has 0 radical (unpaired) electrons. The van der Waals surface area contributed by atoms with Gasteiger partial charge in [0.25, 0.3) is 0 Å². The molecular weight excluding hydrogens is 262 g/mol. The van der Waals surface area contributed by atoms with E-state index in [0.717, 1.165) is 37.8 Å². The van der Waals surface area contributed by atoms with Crippen molar-refractivity contribution in [1.29, 1.82) is 0 Å². The largest absolute Gasteiger partial charge is 0.476 e. The van der Waals surface area contributed by atoms with E-state index in [4.69, 9.17) is 4.74 Å². The van der Waals surface area contributed by atoms with Crippen LogP contribution >= 0.6 is 0 Å². The Morgan fingerprint density at radius 2 is 1.90 bits per heavy atom. The van der Waals surface area contributed by atoms with E-state index in [1.165, 1.54) is 11.1 Å². The second-order valence-electron chi connectivity index (χ2n) is 5.78. The van der Waals surface area contributed by atoms with E-state index in [0.29, 0.717) is 12.6 Å². The Morgan fingerprint density at radius 3 is 2.48 bits per heavy atom. The van der Waals surface area contributed by atoms with Gasteiger partial charge >= 0.3 is 0 Å². The zero-order valence-electron chi connectivity index (χ0n) is 14.5. The highest BCUT2D eigenvalue weighted by atomic mass is 16.5. The van der Waals surface area contributed by atoms with Crippen LogP contribution in [0.25, 0.3) is 0 Å². The molecule has 0 aliphatic carbocycles. The molecular formula is C17H31N3O. The maximum absolute atomic E-state index is 5.97. The summed E-state index contributed by atoms with van der Waals surface area (Å²) >= 11 is 0. The van der Waals surface area contributed by atoms with Gasteiger partial charge in [0, 0.05) is 30.4 Å². The number of nitrogens with one attached hydrogen (secondary N) is 1. The summed E-state index contributed by atoms with van der Waals surface area (Å²) in [5, 5.41) is 3.45. The molecule has 0 spiro atoms. The number of ether oxygens (including phenoxy) is 1. The van der Waals surface area contributed by atoms with Gasteiger partial charge in [-0.3, -0.25) is 0 Å². The van der Waals surface area contributed by atoms with E-state index >= 15 is 0 Å². The minimum Gasteiger partial charge on any atom is -0.476 e. The van der Waals surface area contributed by atoms with Crippen molar-refractivity contribution in [2.45, 2.75) is 54.1 Å². The highest BCUT2D eigenvalue weighted by Crippen LogP contribution is 2.21. The lowest BCUT2D eigenvalue weighted by Gasteiger charge is -2.20. The maximum atomic E-state index is 5.97. The molecule has 0 fully saturated rings. The van der Waals surface area contributed by atoms with Gasteiger partial charge in [0.2, 0.25) is 5.88 Å². The molecule has 21 heavy (non-hydrogen) atoms. The highest BCUT2D eigenvalue weighted by molar-refractivity contribution is 5.35. The van der Waals surface area contributed by atoms with Gasteiger partial charge in [-0.1, -0.05) is 27.7 Å². The van der Waals surface area contributed by atoms with Crippen molar-refractivity contribution in [1.82, 2.24) is 15.2 Å². The van der Waals surface area contributed by atoms with Gasteiger partial charge in [-0.2, -0.15) is 0 Å². The van der Waals surface area contributed by atoms with Gasteiger partial charge in [0.15, 0.2) is 0 Å². The zero-order valence-corrected chi connectivity index (χ0v) is 14.5. The van der Waals surface area contributed by atoms with Crippen LogP contribution in [0.3, 0.4) is 0 Å². The van der Waals surface area contributed by atoms with Gasteiger partial charge in [0.05, 0.1) is 0 Å². The molecule has 0 aliphatic rings. The Balaban J connectivity index is 2.74. The molecule has 1 aromatic heterocycles. The second-order valence-corrected chi connectivity index (χ2v) is 5.78. The van der Waals surface area contributed by atoms with E-state index in [1.54, 1.807) is 0 Å². The molecule has 4 nitrogen and oxygen atoms in total. The highest BCUT2D eigenvalue weighted by Gasteiger charge is 2.11. The van der Waals surface area contributed by atoms with Crippen LogP contribution in [0.15, 0.2) is 6.07 Å². The normalized spacial score (nSPS) is 11.4. The summed E-state index contributed by atoms with van der Waals surface area (Å²) in [6.45, 7) is 17.3. The van der Waals surface area contributed by atoms with Crippen molar-refractivity contribution in [3.63, 3.8) is 0 Å². The van der Waals surface area contributed by atoms with Gasteiger partial charge in [-0.25, -0.2) is 4.98 Å². The average molecular weight is 293 g/mol. The maximum Gasteiger partial charge on any atom is 0.218 e. The fourth-order valence-electron chi connectivity index (χ4n) is 2.28. The third kappa shape index (κ3) is 6.02. The molecule has 1 rings (SSSR count). The average Bonchev–Trinajstić information content (AvgIpc) is 2.42. The SMILES string of the molecule is CCN(CC)CCOc1nc(C)cc(C)c1CNC(C)C. The Morgan fingerprint density at radius 1 is 1.24 bits per heavy atom. The van der Waals surface area contributed by atoms with Crippen LogP contribution in [0.4, 0.5) is 0 Å². The monoisotopic (exact) mass is 293 g/mol. The molecule has 4 heteroatoms. The number of hydrogen-bond acceptors (Lipinski definition) is 4. The summed E-state index contributed by atoms with van der Waals surface area (Å²) in [5.74, 6) is 0.785. The fraction of sp³-hybridized carbons (Fsp3) is 0.706. The standard InChI is InChI=1S/C17H31N3O/c1-7-20(8-2)9-10-21-17-16(12-18-13(3)4)14(5)11-15(6)19-17/h11,13,18H,7-10,12H2,1-6H3. The van der Waals surface area contributed by atoms with Crippen LogP contribution in [0.2, 0.25) is 0 Å². The van der Waals surface area contributed by atoms with Crippen molar-refractivity contribution < 1.29 is 4.74 Å². The molecule has 0 atom stereocenters. The molecule has 120 valence electrons. The summed E-state index contributed by atoms with van der Waals surface area (Å²) < 4.78 is 5.97. The summed E-state index contributed by atoms with van der Waals surface area (Å²) in [5.41, 5.74) is 3.43. The molecule has 0 aliphatic heterocycles. The van der Waals surface area contributed by atoms with E-state index < -0.39 is 0 Å². The van der Waals surface area contributed by atoms with Crippen LogP contribution in [0, 0.1) is 13.8 Å². The molecule has 0 amide bonds. The van der Waals surface area contributed by atoms with Crippen LogP contribution in [0.5, 0.6) is 5.88 Å². The Bertz CT molecular complexity index is 428. The van der Waals surface area contributed by atoms with E-state index in [2.05, 4.69) is 55.9 Å².